The maximum absolute atomic E-state index is 12.9. The molecule has 3 amide bonds. The summed E-state index contributed by atoms with van der Waals surface area (Å²) in [5.74, 6) is -0.307. The van der Waals surface area contributed by atoms with Gasteiger partial charge in [0.05, 0.1) is 11.9 Å². The Hall–Kier alpha value is -4.27. The summed E-state index contributed by atoms with van der Waals surface area (Å²) in [5, 5.41) is 11.7. The highest BCUT2D eigenvalue weighted by molar-refractivity contribution is 6.05. The minimum Gasteiger partial charge on any atom is -0.454 e. The van der Waals surface area contributed by atoms with E-state index in [2.05, 4.69) is 15.6 Å². The Morgan fingerprint density at radius 2 is 1.94 bits per heavy atom. The fraction of sp³-hybridized carbons (Fsp3) is 0.174. The second kappa shape index (κ2) is 6.88. The average molecular weight is 427 g/mol. The Kier molecular flexibility index (Phi) is 3.97. The fourth-order valence-electron chi connectivity index (χ4n) is 4.31. The van der Waals surface area contributed by atoms with Gasteiger partial charge in [0.15, 0.2) is 5.76 Å². The third-order valence-corrected chi connectivity index (χ3v) is 5.94. The predicted octanol–water partition coefficient (Wildman–Crippen LogP) is 2.44. The van der Waals surface area contributed by atoms with Crippen LogP contribution in [0.1, 0.15) is 28.8 Å². The number of carbonyl (C=O) groups excluding carboxylic acids is 3. The summed E-state index contributed by atoms with van der Waals surface area (Å²) >= 11 is 0. The number of imide groups is 1. The number of rotatable bonds is 3. The van der Waals surface area contributed by atoms with Crippen LogP contribution in [0, 0.1) is 0 Å². The van der Waals surface area contributed by atoms with Crippen LogP contribution in [-0.4, -0.2) is 43.7 Å². The third-order valence-electron chi connectivity index (χ3n) is 5.94. The lowest BCUT2D eigenvalue weighted by Gasteiger charge is -2.29. The van der Waals surface area contributed by atoms with Crippen molar-refractivity contribution in [3.63, 3.8) is 0 Å². The molecule has 1 saturated heterocycles. The molecule has 2 aliphatic heterocycles. The van der Waals surface area contributed by atoms with Crippen molar-refractivity contribution in [3.8, 4) is 17.1 Å². The van der Waals surface area contributed by atoms with Gasteiger partial charge in [0.1, 0.15) is 17.3 Å². The van der Waals surface area contributed by atoms with Gasteiger partial charge >= 0.3 is 0 Å². The van der Waals surface area contributed by atoms with Gasteiger partial charge in [-0.05, 0) is 42.3 Å². The van der Waals surface area contributed by atoms with Crippen molar-refractivity contribution >= 4 is 28.7 Å². The second-order valence-electron chi connectivity index (χ2n) is 7.94. The molecular formula is C23H17N5O4. The molecule has 2 aliphatic rings. The number of nitrogens with zero attached hydrogens (tertiary/aromatic N) is 4. The van der Waals surface area contributed by atoms with Crippen LogP contribution in [0.5, 0.6) is 0 Å². The molecule has 0 bridgehead atoms. The summed E-state index contributed by atoms with van der Waals surface area (Å²) < 4.78 is 7.49. The highest BCUT2D eigenvalue weighted by atomic mass is 16.3. The summed E-state index contributed by atoms with van der Waals surface area (Å²) in [6.45, 7) is 0.305. The first-order chi connectivity index (χ1) is 15.6. The van der Waals surface area contributed by atoms with Crippen molar-refractivity contribution in [3.05, 3.63) is 65.9 Å². The number of hydrogen-bond donors (Lipinski definition) is 1. The number of furan rings is 1. The van der Waals surface area contributed by atoms with E-state index in [0.29, 0.717) is 30.0 Å². The number of carbonyl (C=O) groups is 3. The van der Waals surface area contributed by atoms with Crippen LogP contribution < -0.4 is 5.32 Å². The lowest BCUT2D eigenvalue weighted by atomic mass is 10.0. The molecule has 0 aliphatic carbocycles. The summed E-state index contributed by atoms with van der Waals surface area (Å²) in [4.78, 5) is 38.0. The highest BCUT2D eigenvalue weighted by Gasteiger charge is 2.39. The summed E-state index contributed by atoms with van der Waals surface area (Å²) in [7, 11) is 0. The van der Waals surface area contributed by atoms with Crippen LogP contribution in [0.4, 0.5) is 0 Å². The Labute approximate surface area is 181 Å². The Morgan fingerprint density at radius 3 is 2.78 bits per heavy atom. The molecule has 4 heterocycles. The van der Waals surface area contributed by atoms with Gasteiger partial charge in [-0.3, -0.25) is 19.7 Å². The lowest BCUT2D eigenvalue weighted by Crippen LogP contribution is -2.52. The lowest BCUT2D eigenvalue weighted by molar-refractivity contribution is -0.136. The van der Waals surface area contributed by atoms with Crippen LogP contribution in [0.15, 0.2) is 59.1 Å². The molecule has 1 unspecified atom stereocenters. The highest BCUT2D eigenvalue weighted by Crippen LogP contribution is 2.30. The fourth-order valence-corrected chi connectivity index (χ4v) is 4.31. The first kappa shape index (κ1) is 18.5. The first-order valence-electron chi connectivity index (χ1n) is 10.3. The molecule has 9 heteroatoms. The smallest absolute Gasteiger partial charge is 0.255 e. The minimum atomic E-state index is -0.637. The van der Waals surface area contributed by atoms with Crippen LogP contribution >= 0.6 is 0 Å². The SMILES string of the molecule is O=C1CCC(N2Cc3cc(-n4cc(-c5cc6ccccc6o5)nn4)ccc3C2=O)C(=O)N1. The zero-order valence-electron chi connectivity index (χ0n) is 16.8. The molecule has 1 N–H and O–H groups in total. The van der Waals surface area contributed by atoms with Crippen molar-refractivity contribution in [2.75, 3.05) is 0 Å². The molecule has 9 nitrogen and oxygen atoms in total. The van der Waals surface area contributed by atoms with E-state index in [1.54, 1.807) is 23.0 Å². The molecule has 6 rings (SSSR count). The Balaban J connectivity index is 1.28. The molecule has 1 fully saturated rings. The van der Waals surface area contributed by atoms with Gasteiger partial charge in [-0.1, -0.05) is 23.4 Å². The minimum absolute atomic E-state index is 0.206. The second-order valence-corrected chi connectivity index (χ2v) is 7.94. The van der Waals surface area contributed by atoms with E-state index in [-0.39, 0.29) is 18.2 Å². The van der Waals surface area contributed by atoms with Gasteiger partial charge in [-0.2, -0.15) is 0 Å². The van der Waals surface area contributed by atoms with Crippen molar-refractivity contribution in [2.45, 2.75) is 25.4 Å². The molecule has 158 valence electrons. The zero-order valence-corrected chi connectivity index (χ0v) is 16.8. The number of fused-ring (bicyclic) bond motifs is 2. The number of para-hydroxylation sites is 1. The molecule has 4 aromatic rings. The van der Waals surface area contributed by atoms with E-state index >= 15 is 0 Å². The van der Waals surface area contributed by atoms with E-state index in [0.717, 1.165) is 22.2 Å². The van der Waals surface area contributed by atoms with Crippen molar-refractivity contribution in [2.24, 2.45) is 0 Å². The molecule has 0 spiro atoms. The quantitative estimate of drug-likeness (QED) is 0.503. The molecule has 32 heavy (non-hydrogen) atoms. The predicted molar refractivity (Wildman–Crippen MR) is 113 cm³/mol. The normalized spacial score (nSPS) is 18.3. The third kappa shape index (κ3) is 2.89. The number of nitrogens with one attached hydrogen (secondary N) is 1. The van der Waals surface area contributed by atoms with Crippen LogP contribution in [0.25, 0.3) is 28.1 Å². The van der Waals surface area contributed by atoms with E-state index in [1.165, 1.54) is 4.90 Å². The van der Waals surface area contributed by atoms with Gasteiger partial charge in [-0.25, -0.2) is 4.68 Å². The molecule has 1 atom stereocenters. The van der Waals surface area contributed by atoms with Gasteiger partial charge in [0.25, 0.3) is 5.91 Å². The number of aromatic nitrogens is 3. The molecule has 2 aromatic carbocycles. The number of benzene rings is 2. The molecular weight excluding hydrogens is 410 g/mol. The monoisotopic (exact) mass is 427 g/mol. The zero-order chi connectivity index (χ0) is 21.8. The van der Waals surface area contributed by atoms with Crippen molar-refractivity contribution < 1.29 is 18.8 Å². The van der Waals surface area contributed by atoms with Gasteiger partial charge in [-0.15, -0.1) is 5.10 Å². The molecule has 0 saturated carbocycles. The maximum Gasteiger partial charge on any atom is 0.255 e. The summed E-state index contributed by atoms with van der Waals surface area (Å²) in [6.07, 6.45) is 2.33. The van der Waals surface area contributed by atoms with Crippen molar-refractivity contribution in [1.82, 2.24) is 25.2 Å². The van der Waals surface area contributed by atoms with E-state index in [4.69, 9.17) is 4.42 Å². The van der Waals surface area contributed by atoms with Gasteiger partial charge in [0.2, 0.25) is 11.8 Å². The first-order valence-corrected chi connectivity index (χ1v) is 10.3. The van der Waals surface area contributed by atoms with Crippen LogP contribution in [0.2, 0.25) is 0 Å². The summed E-state index contributed by atoms with van der Waals surface area (Å²) in [5.41, 5.74) is 3.48. The molecule has 2 aromatic heterocycles. The largest absolute Gasteiger partial charge is 0.454 e. The number of hydrogen-bond acceptors (Lipinski definition) is 6. The Morgan fingerprint density at radius 1 is 1.06 bits per heavy atom. The number of piperidine rings is 1. The standard InChI is InChI=1S/C23H17N5O4/c29-21-8-7-18(22(30)24-21)27-11-14-9-15(5-6-16(14)23(27)31)28-12-17(25-26-28)20-10-13-3-1-2-4-19(13)32-20/h1-6,9-10,12,18H,7-8,11H2,(H,24,29,30). The van der Waals surface area contributed by atoms with Crippen LogP contribution in [0.3, 0.4) is 0 Å². The van der Waals surface area contributed by atoms with E-state index in [9.17, 15) is 14.4 Å². The van der Waals surface area contributed by atoms with Crippen molar-refractivity contribution in [1.29, 1.82) is 0 Å². The average Bonchev–Trinajstić information content (AvgIpc) is 3.50. The topological polar surface area (TPSA) is 110 Å². The maximum atomic E-state index is 12.9. The van der Waals surface area contributed by atoms with Gasteiger partial charge < -0.3 is 9.32 Å². The Bertz CT molecular complexity index is 1390. The molecule has 0 radical (unpaired) electrons. The van der Waals surface area contributed by atoms with Gasteiger partial charge in [0, 0.05) is 23.9 Å². The van der Waals surface area contributed by atoms with E-state index in [1.807, 2.05) is 36.4 Å². The summed E-state index contributed by atoms with van der Waals surface area (Å²) in [6, 6.07) is 14.4. The number of amides is 3. The van der Waals surface area contributed by atoms with Crippen LogP contribution in [-0.2, 0) is 16.1 Å². The van der Waals surface area contributed by atoms with E-state index < -0.39 is 11.9 Å².